The highest BCUT2D eigenvalue weighted by atomic mass is 79.9. The Morgan fingerprint density at radius 2 is 1.86 bits per heavy atom. The van der Waals surface area contributed by atoms with Crippen molar-refractivity contribution in [2.24, 2.45) is 0 Å². The number of hydrogen-bond acceptors (Lipinski definition) is 3. The summed E-state index contributed by atoms with van der Waals surface area (Å²) in [7, 11) is 0. The van der Waals surface area contributed by atoms with Crippen LogP contribution in [0, 0.1) is 0 Å². The SMILES string of the molecule is BrCCc1noc2cccc(OCCc3ccccc3)c12. The van der Waals surface area contributed by atoms with Gasteiger partial charge in [-0.05, 0) is 17.7 Å². The number of halogens is 1. The average molecular weight is 346 g/mol. The summed E-state index contributed by atoms with van der Waals surface area (Å²) in [4.78, 5) is 0. The molecule has 2 aromatic carbocycles. The van der Waals surface area contributed by atoms with E-state index in [1.165, 1.54) is 5.56 Å². The fourth-order valence-corrected chi connectivity index (χ4v) is 2.70. The molecule has 0 spiro atoms. The Hall–Kier alpha value is -1.81. The van der Waals surface area contributed by atoms with Crippen LogP contribution in [0.1, 0.15) is 11.3 Å². The zero-order valence-corrected chi connectivity index (χ0v) is 13.2. The van der Waals surface area contributed by atoms with Crippen molar-refractivity contribution in [1.82, 2.24) is 5.16 Å². The van der Waals surface area contributed by atoms with Gasteiger partial charge in [-0.1, -0.05) is 57.5 Å². The molecule has 0 radical (unpaired) electrons. The summed E-state index contributed by atoms with van der Waals surface area (Å²) in [6.45, 7) is 0.641. The Balaban J connectivity index is 1.75. The summed E-state index contributed by atoms with van der Waals surface area (Å²) in [6, 6.07) is 16.2. The van der Waals surface area contributed by atoms with Gasteiger partial charge in [0.15, 0.2) is 5.58 Å². The van der Waals surface area contributed by atoms with Crippen LogP contribution in [-0.2, 0) is 12.8 Å². The van der Waals surface area contributed by atoms with E-state index in [4.69, 9.17) is 9.26 Å². The summed E-state index contributed by atoms with van der Waals surface area (Å²) in [6.07, 6.45) is 1.71. The van der Waals surface area contributed by atoms with E-state index < -0.39 is 0 Å². The zero-order chi connectivity index (χ0) is 14.5. The van der Waals surface area contributed by atoms with Gasteiger partial charge in [0.2, 0.25) is 0 Å². The monoisotopic (exact) mass is 345 g/mol. The molecule has 1 heterocycles. The fourth-order valence-electron chi connectivity index (χ4n) is 2.33. The Morgan fingerprint density at radius 1 is 1.00 bits per heavy atom. The summed E-state index contributed by atoms with van der Waals surface area (Å²) in [5.41, 5.74) is 3.00. The van der Waals surface area contributed by atoms with E-state index in [1.807, 2.05) is 36.4 Å². The van der Waals surface area contributed by atoms with Gasteiger partial charge in [0, 0.05) is 18.2 Å². The summed E-state index contributed by atoms with van der Waals surface area (Å²) < 4.78 is 11.3. The number of ether oxygens (including phenoxy) is 1. The second kappa shape index (κ2) is 6.76. The van der Waals surface area contributed by atoms with Crippen molar-refractivity contribution in [3.63, 3.8) is 0 Å². The molecule has 0 fully saturated rings. The Kier molecular flexibility index (Phi) is 4.55. The maximum absolute atomic E-state index is 5.95. The van der Waals surface area contributed by atoms with Crippen molar-refractivity contribution < 1.29 is 9.26 Å². The summed E-state index contributed by atoms with van der Waals surface area (Å²) in [5.74, 6) is 0.848. The third-order valence-electron chi connectivity index (χ3n) is 3.35. The van der Waals surface area contributed by atoms with Crippen LogP contribution >= 0.6 is 15.9 Å². The predicted molar refractivity (Wildman–Crippen MR) is 87.1 cm³/mol. The lowest BCUT2D eigenvalue weighted by molar-refractivity contribution is 0.325. The molecule has 0 N–H and O–H groups in total. The quantitative estimate of drug-likeness (QED) is 0.621. The van der Waals surface area contributed by atoms with Crippen molar-refractivity contribution in [3.05, 3.63) is 59.8 Å². The van der Waals surface area contributed by atoms with Crippen LogP contribution in [-0.4, -0.2) is 17.1 Å². The van der Waals surface area contributed by atoms with Gasteiger partial charge in [0.1, 0.15) is 5.75 Å². The predicted octanol–water partition coefficient (Wildman–Crippen LogP) is 4.39. The Bertz CT molecular complexity index is 709. The molecule has 0 saturated carbocycles. The second-order valence-corrected chi connectivity index (χ2v) is 5.57. The third-order valence-corrected chi connectivity index (χ3v) is 3.75. The Morgan fingerprint density at radius 3 is 2.67 bits per heavy atom. The van der Waals surface area contributed by atoms with E-state index in [-0.39, 0.29) is 0 Å². The van der Waals surface area contributed by atoms with Crippen molar-refractivity contribution in [1.29, 1.82) is 0 Å². The first-order valence-electron chi connectivity index (χ1n) is 6.98. The number of fused-ring (bicyclic) bond motifs is 1. The van der Waals surface area contributed by atoms with Crippen molar-refractivity contribution in [2.75, 3.05) is 11.9 Å². The molecule has 3 aromatic rings. The summed E-state index contributed by atoms with van der Waals surface area (Å²) >= 11 is 3.44. The molecule has 4 heteroatoms. The molecule has 3 nitrogen and oxygen atoms in total. The lowest BCUT2D eigenvalue weighted by Gasteiger charge is -2.07. The van der Waals surface area contributed by atoms with E-state index in [2.05, 4.69) is 33.2 Å². The van der Waals surface area contributed by atoms with E-state index in [1.54, 1.807) is 0 Å². The highest BCUT2D eigenvalue weighted by Crippen LogP contribution is 2.29. The van der Waals surface area contributed by atoms with Gasteiger partial charge in [0.05, 0.1) is 17.7 Å². The normalized spacial score (nSPS) is 10.9. The number of aryl methyl sites for hydroxylation is 1. The maximum Gasteiger partial charge on any atom is 0.170 e. The number of nitrogens with zero attached hydrogens (tertiary/aromatic N) is 1. The lowest BCUT2D eigenvalue weighted by atomic mass is 10.1. The fraction of sp³-hybridized carbons (Fsp3) is 0.235. The van der Waals surface area contributed by atoms with Crippen LogP contribution in [0.5, 0.6) is 5.75 Å². The van der Waals surface area contributed by atoms with Gasteiger partial charge in [-0.25, -0.2) is 0 Å². The van der Waals surface area contributed by atoms with E-state index in [0.29, 0.717) is 6.61 Å². The van der Waals surface area contributed by atoms with Gasteiger partial charge in [-0.15, -0.1) is 0 Å². The topological polar surface area (TPSA) is 35.3 Å². The molecule has 0 aliphatic heterocycles. The van der Waals surface area contributed by atoms with Crippen molar-refractivity contribution in [3.8, 4) is 5.75 Å². The van der Waals surface area contributed by atoms with Crippen LogP contribution < -0.4 is 4.74 Å². The first kappa shape index (κ1) is 14.1. The molecule has 0 unspecified atom stereocenters. The standard InChI is InChI=1S/C17H16BrNO2/c18-11-9-14-17-15(7-4-8-16(17)21-19-14)20-12-10-13-5-2-1-3-6-13/h1-8H,9-12H2. The molecular formula is C17H16BrNO2. The lowest BCUT2D eigenvalue weighted by Crippen LogP contribution is -2.02. The first-order valence-corrected chi connectivity index (χ1v) is 8.10. The highest BCUT2D eigenvalue weighted by Gasteiger charge is 2.12. The van der Waals surface area contributed by atoms with Gasteiger partial charge in [-0.2, -0.15) is 0 Å². The molecule has 0 bridgehead atoms. The average Bonchev–Trinajstić information content (AvgIpc) is 2.93. The summed E-state index contributed by atoms with van der Waals surface area (Å²) in [5, 5.41) is 5.97. The first-order chi connectivity index (χ1) is 10.4. The van der Waals surface area contributed by atoms with Crippen LogP contribution in [0.3, 0.4) is 0 Å². The number of hydrogen-bond donors (Lipinski definition) is 0. The number of rotatable bonds is 6. The number of aromatic nitrogens is 1. The minimum atomic E-state index is 0.641. The van der Waals surface area contributed by atoms with Crippen LogP contribution in [0.25, 0.3) is 11.0 Å². The van der Waals surface area contributed by atoms with Gasteiger partial charge >= 0.3 is 0 Å². The third kappa shape index (κ3) is 3.27. The minimum Gasteiger partial charge on any atom is -0.492 e. The van der Waals surface area contributed by atoms with Crippen molar-refractivity contribution >= 4 is 26.9 Å². The van der Waals surface area contributed by atoms with Crippen LogP contribution in [0.2, 0.25) is 0 Å². The molecule has 21 heavy (non-hydrogen) atoms. The number of benzene rings is 2. The minimum absolute atomic E-state index is 0.641. The molecule has 0 aliphatic rings. The van der Waals surface area contributed by atoms with Gasteiger partial charge in [-0.3, -0.25) is 0 Å². The molecule has 0 amide bonds. The smallest absolute Gasteiger partial charge is 0.170 e. The largest absolute Gasteiger partial charge is 0.492 e. The molecule has 0 saturated heterocycles. The molecule has 0 aliphatic carbocycles. The van der Waals surface area contributed by atoms with Crippen LogP contribution in [0.4, 0.5) is 0 Å². The zero-order valence-electron chi connectivity index (χ0n) is 11.6. The van der Waals surface area contributed by atoms with Gasteiger partial charge in [0.25, 0.3) is 0 Å². The number of alkyl halides is 1. The highest BCUT2D eigenvalue weighted by molar-refractivity contribution is 9.09. The molecule has 3 rings (SSSR count). The van der Waals surface area contributed by atoms with Crippen LogP contribution in [0.15, 0.2) is 53.1 Å². The molecular weight excluding hydrogens is 330 g/mol. The molecule has 0 atom stereocenters. The molecule has 1 aromatic heterocycles. The second-order valence-electron chi connectivity index (χ2n) is 4.78. The maximum atomic E-state index is 5.95. The van der Waals surface area contributed by atoms with E-state index in [0.717, 1.165) is 40.6 Å². The van der Waals surface area contributed by atoms with E-state index >= 15 is 0 Å². The van der Waals surface area contributed by atoms with E-state index in [9.17, 15) is 0 Å². The van der Waals surface area contributed by atoms with Gasteiger partial charge < -0.3 is 9.26 Å². The molecule has 108 valence electrons. The van der Waals surface area contributed by atoms with Crippen molar-refractivity contribution in [2.45, 2.75) is 12.8 Å². The Labute approximate surface area is 132 Å².